The number of fused-ring (bicyclic) bond motifs is 1. The lowest BCUT2D eigenvalue weighted by Crippen LogP contribution is -2.41. The first kappa shape index (κ1) is 17.3. The van der Waals surface area contributed by atoms with E-state index >= 15 is 0 Å². The van der Waals surface area contributed by atoms with Gasteiger partial charge in [-0.05, 0) is 53.9 Å². The average molecular weight is 372 g/mol. The molecule has 0 saturated carbocycles. The second-order valence-corrected chi connectivity index (χ2v) is 6.00. The summed E-state index contributed by atoms with van der Waals surface area (Å²) in [5.74, 6) is 0.256. The lowest BCUT2D eigenvalue weighted by Gasteiger charge is -2.09. The van der Waals surface area contributed by atoms with Gasteiger partial charge in [0.05, 0.1) is 0 Å². The molecule has 4 aromatic rings. The number of nitrogens with one attached hydrogen (secondary N) is 3. The highest BCUT2D eigenvalue weighted by Gasteiger charge is 2.11. The van der Waals surface area contributed by atoms with Crippen molar-refractivity contribution in [1.29, 1.82) is 0 Å². The molecule has 0 unspecified atom stereocenters. The van der Waals surface area contributed by atoms with E-state index in [9.17, 15) is 9.59 Å². The van der Waals surface area contributed by atoms with Crippen LogP contribution in [0, 0.1) is 0 Å². The van der Waals surface area contributed by atoms with Gasteiger partial charge in [-0.1, -0.05) is 12.1 Å². The van der Waals surface area contributed by atoms with Gasteiger partial charge in [0, 0.05) is 35.2 Å². The van der Waals surface area contributed by atoms with Crippen molar-refractivity contribution in [3.05, 3.63) is 90.4 Å². The molecule has 0 spiro atoms. The molecule has 4 rings (SSSR count). The van der Waals surface area contributed by atoms with Crippen LogP contribution in [0.4, 0.5) is 0 Å². The summed E-state index contributed by atoms with van der Waals surface area (Å²) < 4.78 is 5.69. The fourth-order valence-corrected chi connectivity index (χ4v) is 2.69. The monoisotopic (exact) mass is 372 g/mol. The zero-order valence-electron chi connectivity index (χ0n) is 14.7. The molecule has 0 atom stereocenters. The van der Waals surface area contributed by atoms with Crippen molar-refractivity contribution in [3.8, 4) is 11.5 Å². The number of ether oxygens (including phenoxy) is 1. The highest BCUT2D eigenvalue weighted by atomic mass is 16.5. The molecule has 7 nitrogen and oxygen atoms in total. The summed E-state index contributed by atoms with van der Waals surface area (Å²) in [6.07, 6.45) is 5.03. The average Bonchev–Trinajstić information content (AvgIpc) is 3.20. The molecule has 2 heterocycles. The summed E-state index contributed by atoms with van der Waals surface area (Å²) in [4.78, 5) is 31.6. The Morgan fingerprint density at radius 2 is 1.57 bits per heavy atom. The van der Waals surface area contributed by atoms with Gasteiger partial charge in [0.2, 0.25) is 0 Å². The van der Waals surface area contributed by atoms with Crippen molar-refractivity contribution in [2.24, 2.45) is 0 Å². The largest absolute Gasteiger partial charge is 0.457 e. The summed E-state index contributed by atoms with van der Waals surface area (Å²) in [5, 5.41) is 1.01. The molecule has 0 radical (unpaired) electrons. The van der Waals surface area contributed by atoms with Crippen LogP contribution in [0.25, 0.3) is 10.9 Å². The third-order valence-electron chi connectivity index (χ3n) is 4.09. The molecular weight excluding hydrogens is 356 g/mol. The van der Waals surface area contributed by atoms with Crippen molar-refractivity contribution in [3.63, 3.8) is 0 Å². The van der Waals surface area contributed by atoms with Gasteiger partial charge in [-0.25, -0.2) is 0 Å². The number of carbonyl (C=O) groups is 2. The van der Waals surface area contributed by atoms with E-state index in [0.717, 1.165) is 10.9 Å². The lowest BCUT2D eigenvalue weighted by atomic mass is 10.1. The van der Waals surface area contributed by atoms with E-state index in [-0.39, 0.29) is 0 Å². The quantitative estimate of drug-likeness (QED) is 0.478. The van der Waals surface area contributed by atoms with Crippen LogP contribution >= 0.6 is 0 Å². The van der Waals surface area contributed by atoms with Gasteiger partial charge in [0.25, 0.3) is 11.8 Å². The molecule has 0 fully saturated rings. The van der Waals surface area contributed by atoms with Crippen molar-refractivity contribution in [1.82, 2.24) is 20.8 Å². The molecule has 2 aromatic carbocycles. The topological polar surface area (TPSA) is 96.1 Å². The Kier molecular flexibility index (Phi) is 4.71. The van der Waals surface area contributed by atoms with Crippen LogP contribution in [0.15, 0.2) is 79.3 Å². The van der Waals surface area contributed by atoms with E-state index in [1.54, 1.807) is 67.1 Å². The molecule has 2 aromatic heterocycles. The third kappa shape index (κ3) is 3.83. The van der Waals surface area contributed by atoms with E-state index in [1.807, 2.05) is 12.1 Å². The fraction of sp³-hybridized carbons (Fsp3) is 0. The Hall–Kier alpha value is -4.13. The molecule has 28 heavy (non-hydrogen) atoms. The summed E-state index contributed by atoms with van der Waals surface area (Å²) in [6.45, 7) is 0. The van der Waals surface area contributed by atoms with Crippen molar-refractivity contribution in [2.45, 2.75) is 0 Å². The molecule has 7 heteroatoms. The number of amides is 2. The Morgan fingerprint density at radius 1 is 0.821 bits per heavy atom. The van der Waals surface area contributed by atoms with Gasteiger partial charge in [0.1, 0.15) is 11.5 Å². The van der Waals surface area contributed by atoms with Gasteiger partial charge >= 0.3 is 0 Å². The molecule has 3 N–H and O–H groups in total. The number of hydrogen-bond donors (Lipinski definition) is 3. The minimum atomic E-state index is -0.450. The molecule has 0 aliphatic rings. The minimum Gasteiger partial charge on any atom is -0.457 e. The first-order valence-corrected chi connectivity index (χ1v) is 8.55. The van der Waals surface area contributed by atoms with Gasteiger partial charge < -0.3 is 9.72 Å². The Bertz CT molecular complexity index is 1140. The Morgan fingerprint density at radius 3 is 2.36 bits per heavy atom. The molecule has 2 amide bonds. The Labute approximate surface area is 160 Å². The summed E-state index contributed by atoms with van der Waals surface area (Å²) in [7, 11) is 0. The van der Waals surface area contributed by atoms with Crippen molar-refractivity contribution in [2.75, 3.05) is 0 Å². The number of nitrogens with zero attached hydrogens (tertiary/aromatic N) is 1. The van der Waals surface area contributed by atoms with E-state index in [2.05, 4.69) is 20.8 Å². The van der Waals surface area contributed by atoms with Gasteiger partial charge in [-0.15, -0.1) is 0 Å². The van der Waals surface area contributed by atoms with E-state index in [4.69, 9.17) is 4.74 Å². The smallest absolute Gasteiger partial charge is 0.269 e. The summed E-state index contributed by atoms with van der Waals surface area (Å²) in [5.41, 5.74) is 6.47. The second kappa shape index (κ2) is 7.63. The van der Waals surface area contributed by atoms with Crippen molar-refractivity contribution >= 4 is 22.7 Å². The summed E-state index contributed by atoms with van der Waals surface area (Å²) in [6, 6.07) is 17.3. The summed E-state index contributed by atoms with van der Waals surface area (Å²) >= 11 is 0. The number of benzene rings is 2. The maximum Gasteiger partial charge on any atom is 0.269 e. The molecular formula is C21H16N4O3. The SMILES string of the molecule is O=C(NNC(=O)c1ccc2cc[nH]c2c1)c1cccc(Oc2ccncc2)c1. The normalized spacial score (nSPS) is 10.4. The van der Waals surface area contributed by atoms with Gasteiger partial charge in [0.15, 0.2) is 0 Å². The van der Waals surface area contributed by atoms with E-state index in [1.165, 1.54) is 0 Å². The first-order valence-electron chi connectivity index (χ1n) is 8.55. The third-order valence-corrected chi connectivity index (χ3v) is 4.09. The van der Waals surface area contributed by atoms with Crippen LogP contribution in [0.5, 0.6) is 11.5 Å². The molecule has 0 saturated heterocycles. The maximum atomic E-state index is 12.4. The van der Waals surface area contributed by atoms with Gasteiger partial charge in [-0.3, -0.25) is 25.4 Å². The highest BCUT2D eigenvalue weighted by Crippen LogP contribution is 2.21. The number of hydrogen-bond acceptors (Lipinski definition) is 4. The number of H-pyrrole nitrogens is 1. The molecule has 0 aliphatic carbocycles. The minimum absolute atomic E-state index is 0.353. The molecule has 138 valence electrons. The predicted molar refractivity (Wildman–Crippen MR) is 104 cm³/mol. The van der Waals surface area contributed by atoms with Crippen molar-refractivity contribution < 1.29 is 14.3 Å². The standard InChI is InChI=1S/C21H16N4O3/c26-20(15-2-1-3-18(12-15)28-17-7-9-22-10-8-17)24-25-21(27)16-5-4-14-6-11-23-19(14)13-16/h1-13,23H,(H,24,26)(H,25,27). The number of aromatic amines is 1. The number of carbonyl (C=O) groups excluding carboxylic acids is 2. The number of aromatic nitrogens is 2. The second-order valence-electron chi connectivity index (χ2n) is 6.00. The molecule has 0 aliphatic heterocycles. The maximum absolute atomic E-state index is 12.4. The zero-order valence-corrected chi connectivity index (χ0v) is 14.7. The van der Waals surface area contributed by atoms with E-state index < -0.39 is 11.8 Å². The van der Waals surface area contributed by atoms with Crippen LogP contribution in [0.1, 0.15) is 20.7 Å². The highest BCUT2D eigenvalue weighted by molar-refractivity contribution is 6.01. The van der Waals surface area contributed by atoms with Crippen LogP contribution < -0.4 is 15.6 Å². The number of hydrazine groups is 1. The first-order chi connectivity index (χ1) is 13.7. The van der Waals surface area contributed by atoms with Crippen LogP contribution in [-0.4, -0.2) is 21.8 Å². The Balaban J connectivity index is 1.40. The van der Waals surface area contributed by atoms with Crippen LogP contribution in [0.3, 0.4) is 0 Å². The zero-order chi connectivity index (χ0) is 19.3. The van der Waals surface area contributed by atoms with Gasteiger partial charge in [-0.2, -0.15) is 0 Å². The predicted octanol–water partition coefficient (Wildman–Crippen LogP) is 3.43. The van der Waals surface area contributed by atoms with Crippen LogP contribution in [0.2, 0.25) is 0 Å². The fourth-order valence-electron chi connectivity index (χ4n) is 2.69. The number of pyridine rings is 1. The molecule has 0 bridgehead atoms. The van der Waals surface area contributed by atoms with Crippen LogP contribution in [-0.2, 0) is 0 Å². The number of rotatable bonds is 4. The lowest BCUT2D eigenvalue weighted by molar-refractivity contribution is 0.0846. The van der Waals surface area contributed by atoms with E-state index in [0.29, 0.717) is 22.6 Å².